The third-order valence-electron chi connectivity index (χ3n) is 13.2. The van der Waals surface area contributed by atoms with E-state index in [1.54, 1.807) is 6.20 Å². The number of benzene rings is 2. The third-order valence-corrected chi connectivity index (χ3v) is 14.5. The molecule has 0 spiro atoms. The third kappa shape index (κ3) is 7.04. The molecule has 11 nitrogen and oxygen atoms in total. The number of nitrogens with one attached hydrogen (secondary N) is 2. The van der Waals surface area contributed by atoms with Crippen LogP contribution in [-0.4, -0.2) is 62.5 Å². The van der Waals surface area contributed by atoms with Gasteiger partial charge in [0.1, 0.15) is 5.82 Å². The molecule has 13 heteroatoms. The number of carbonyl (C=O) groups is 2. The van der Waals surface area contributed by atoms with E-state index < -0.39 is 5.97 Å². The Morgan fingerprint density at radius 3 is 2.53 bits per heavy atom. The van der Waals surface area contributed by atoms with E-state index in [4.69, 9.17) is 14.3 Å². The summed E-state index contributed by atoms with van der Waals surface area (Å²) in [5.41, 5.74) is 7.13. The Balaban J connectivity index is 0.993. The smallest absolute Gasteiger partial charge is 0.355 e. The Kier molecular flexibility index (Phi) is 9.53. The zero-order chi connectivity index (χ0) is 39.7. The number of rotatable bonds is 12. The molecule has 3 N–H and O–H groups in total. The summed E-state index contributed by atoms with van der Waals surface area (Å²) in [4.78, 5) is 38.5. The van der Waals surface area contributed by atoms with Gasteiger partial charge in [0, 0.05) is 42.0 Å². The number of thiol groups is 1. The van der Waals surface area contributed by atoms with Crippen molar-refractivity contribution in [1.82, 2.24) is 25.1 Å². The lowest BCUT2D eigenvalue weighted by molar-refractivity contribution is -0.213. The van der Waals surface area contributed by atoms with Crippen LogP contribution in [0, 0.1) is 23.2 Å². The maximum Gasteiger partial charge on any atom is 0.355 e. The van der Waals surface area contributed by atoms with Crippen molar-refractivity contribution in [3.05, 3.63) is 88.4 Å². The van der Waals surface area contributed by atoms with Crippen LogP contribution < -0.4 is 15.5 Å². The summed E-state index contributed by atoms with van der Waals surface area (Å²) in [6, 6.07) is 15.9. The number of aryl methyl sites for hydroxylation is 1. The number of aromatic carboxylic acids is 1. The van der Waals surface area contributed by atoms with Gasteiger partial charge in [0.05, 0.1) is 22.0 Å². The van der Waals surface area contributed by atoms with Gasteiger partial charge in [-0.25, -0.2) is 14.8 Å². The van der Waals surface area contributed by atoms with E-state index in [1.165, 1.54) is 17.8 Å². The molecule has 10 rings (SSSR count). The van der Waals surface area contributed by atoms with Crippen LogP contribution >= 0.6 is 24.2 Å². The van der Waals surface area contributed by atoms with Crippen LogP contribution in [0.15, 0.2) is 54.7 Å². The quantitative estimate of drug-likeness (QED) is 0.0557. The molecule has 4 saturated carbocycles. The van der Waals surface area contributed by atoms with E-state index in [0.29, 0.717) is 41.6 Å². The molecule has 57 heavy (non-hydrogen) atoms. The normalized spacial score (nSPS) is 26.2. The van der Waals surface area contributed by atoms with Crippen LogP contribution in [0.4, 0.5) is 10.9 Å². The number of pyridine rings is 1. The molecule has 5 aliphatic rings. The molecule has 2 aromatic carbocycles. The van der Waals surface area contributed by atoms with Gasteiger partial charge in [-0.1, -0.05) is 43.4 Å². The summed E-state index contributed by atoms with van der Waals surface area (Å²) >= 11 is 5.87. The van der Waals surface area contributed by atoms with Crippen LogP contribution in [0.5, 0.6) is 0 Å². The molecule has 4 fully saturated rings. The van der Waals surface area contributed by atoms with Crippen molar-refractivity contribution in [3.63, 3.8) is 0 Å². The maximum absolute atomic E-state index is 14.0. The fourth-order valence-corrected chi connectivity index (χ4v) is 13.2. The summed E-state index contributed by atoms with van der Waals surface area (Å²) in [6.07, 6.45) is 10.8. The van der Waals surface area contributed by atoms with Crippen LogP contribution in [0.3, 0.4) is 0 Å². The number of para-hydroxylation sites is 1. The zero-order valence-electron chi connectivity index (χ0n) is 33.2. The highest BCUT2D eigenvalue weighted by molar-refractivity contribution is 7.75. The van der Waals surface area contributed by atoms with E-state index in [9.17, 15) is 14.7 Å². The first-order valence-electron chi connectivity index (χ1n) is 20.1. The first-order chi connectivity index (χ1) is 27.3. The van der Waals surface area contributed by atoms with E-state index in [1.807, 2.05) is 56.4 Å². The van der Waals surface area contributed by atoms with Gasteiger partial charge in [0.15, 0.2) is 10.8 Å². The number of carboxylic acids is 1. The van der Waals surface area contributed by atoms with Gasteiger partial charge in [0.2, 0.25) is 0 Å². The predicted molar refractivity (Wildman–Crippen MR) is 227 cm³/mol. The number of aromatic nitrogens is 4. The Labute approximate surface area is 343 Å². The highest BCUT2D eigenvalue weighted by Crippen LogP contribution is 2.72. The lowest BCUT2D eigenvalue weighted by Crippen LogP contribution is -2.63. The van der Waals surface area contributed by atoms with Crippen LogP contribution in [0.25, 0.3) is 21.3 Å². The second-order valence-corrected chi connectivity index (χ2v) is 19.4. The van der Waals surface area contributed by atoms with Gasteiger partial charge in [-0.2, -0.15) is 5.10 Å². The Morgan fingerprint density at radius 2 is 1.79 bits per heavy atom. The van der Waals surface area contributed by atoms with Crippen LogP contribution in [0.1, 0.15) is 102 Å². The Hall–Kier alpha value is -4.30. The maximum atomic E-state index is 14.0. The minimum absolute atomic E-state index is 0.00751. The van der Waals surface area contributed by atoms with Gasteiger partial charge in [-0.15, -0.1) is 0 Å². The number of hydrogen-bond acceptors (Lipinski definition) is 10. The summed E-state index contributed by atoms with van der Waals surface area (Å²) in [5, 5.41) is 22.3. The number of fused-ring (bicyclic) bond motifs is 2. The number of anilines is 2. The first-order valence-corrected chi connectivity index (χ1v) is 21.3. The molecule has 3 aromatic heterocycles. The largest absolute Gasteiger partial charge is 0.476 e. The van der Waals surface area contributed by atoms with Crippen molar-refractivity contribution in [2.75, 3.05) is 30.4 Å². The zero-order valence-corrected chi connectivity index (χ0v) is 34.9. The molecule has 5 aromatic rings. The molecular formula is C44H51N7O4S2. The van der Waals surface area contributed by atoms with E-state index >= 15 is 0 Å². The number of hydrogen-bond donors (Lipinski definition) is 4. The standard InChI is InChI=1S/C44H51N7O4S2/c1-27-32(18-46-51(27)26-43-21-41(2)20-42(3,22-43)24-44(23-41,25-43)55-56)30-11-12-36(48-37(30)39(53)54)50-15-13-29-16-28(8-7-14-45-4)17-31(33(29)19-50)38(52)49-40-47-34-9-5-6-10-35(34)57-40/h5-6,9-12,16-18,45,56H,7-8,13-15,19-26H2,1-4H3,(H,53,54)(H,47,49,52). The van der Waals surface area contributed by atoms with Crippen molar-refractivity contribution in [2.45, 2.75) is 97.2 Å². The second-order valence-electron chi connectivity index (χ2n) is 18.2. The van der Waals surface area contributed by atoms with Gasteiger partial charge in [-0.05, 0) is 154 Å². The molecule has 2 atom stereocenters. The van der Waals surface area contributed by atoms with Crippen molar-refractivity contribution in [3.8, 4) is 11.1 Å². The fraction of sp³-hybridized carbons (Fsp3) is 0.477. The molecule has 4 aliphatic carbocycles. The highest BCUT2D eigenvalue weighted by Gasteiger charge is 2.66. The Morgan fingerprint density at radius 1 is 1.00 bits per heavy atom. The molecular weight excluding hydrogens is 755 g/mol. The van der Waals surface area contributed by atoms with Crippen LogP contribution in [-0.2, 0) is 30.1 Å². The minimum atomic E-state index is -1.09. The molecule has 1 aliphatic heterocycles. The molecule has 1 amide bonds. The monoisotopic (exact) mass is 805 g/mol. The van der Waals surface area contributed by atoms with Gasteiger partial charge in [-0.3, -0.25) is 14.8 Å². The van der Waals surface area contributed by atoms with Gasteiger partial charge in [0.25, 0.3) is 5.91 Å². The molecule has 0 radical (unpaired) electrons. The Bertz CT molecular complexity index is 2360. The number of nitrogens with zero attached hydrogens (tertiary/aromatic N) is 5. The van der Waals surface area contributed by atoms with E-state index in [2.05, 4.69) is 58.0 Å². The van der Waals surface area contributed by atoms with Crippen molar-refractivity contribution in [2.24, 2.45) is 16.2 Å². The predicted octanol–water partition coefficient (Wildman–Crippen LogP) is 8.51. The molecule has 0 saturated heterocycles. The SMILES string of the molecule is CNCCCc1cc2c(c(C(=O)Nc3nc4ccccc4s3)c1)CN(c1ccc(-c3cnn(CC45CC6(C)CC(C)(C4)CC(OS)(C6)C5)c3C)c(C(=O)O)n1)CC2. The van der Waals surface area contributed by atoms with Gasteiger partial charge < -0.3 is 19.5 Å². The summed E-state index contributed by atoms with van der Waals surface area (Å²) in [7, 11) is 1.95. The summed E-state index contributed by atoms with van der Waals surface area (Å²) in [5.74, 6) is -0.724. The number of thiazole rings is 1. The van der Waals surface area contributed by atoms with E-state index in [0.717, 1.165) is 96.2 Å². The van der Waals surface area contributed by atoms with Crippen LogP contribution in [0.2, 0.25) is 0 Å². The molecule has 298 valence electrons. The number of carboxylic acid groups (broad SMARTS) is 1. The first kappa shape index (κ1) is 38.2. The fourth-order valence-electron chi connectivity index (χ4n) is 12.1. The lowest BCUT2D eigenvalue weighted by Gasteiger charge is -2.68. The average Bonchev–Trinajstić information content (AvgIpc) is 3.74. The number of amides is 1. The van der Waals surface area contributed by atoms with Crippen molar-refractivity contribution < 1.29 is 18.9 Å². The van der Waals surface area contributed by atoms with Crippen molar-refractivity contribution in [1.29, 1.82) is 0 Å². The topological polar surface area (TPSA) is 135 Å². The second kappa shape index (κ2) is 14.2. The molecule has 4 bridgehead atoms. The highest BCUT2D eigenvalue weighted by atomic mass is 32.1. The minimum Gasteiger partial charge on any atom is -0.476 e. The number of carbonyl (C=O) groups excluding carboxylic acids is 1. The summed E-state index contributed by atoms with van der Waals surface area (Å²) in [6.45, 7) is 9.58. The van der Waals surface area contributed by atoms with Crippen molar-refractivity contribution >= 4 is 57.3 Å². The summed E-state index contributed by atoms with van der Waals surface area (Å²) < 4.78 is 9.10. The molecule has 4 heterocycles. The average molecular weight is 806 g/mol. The lowest BCUT2D eigenvalue weighted by atomic mass is 9.39. The van der Waals surface area contributed by atoms with E-state index in [-0.39, 0.29) is 33.4 Å². The molecule has 2 unspecified atom stereocenters. The van der Waals surface area contributed by atoms with Gasteiger partial charge >= 0.3 is 5.97 Å².